The minimum atomic E-state index is -0.211. The third-order valence-corrected chi connectivity index (χ3v) is 6.96. The Labute approximate surface area is 184 Å². The number of rotatable bonds is 5. The molecule has 3 heterocycles. The van der Waals surface area contributed by atoms with Gasteiger partial charge in [0.05, 0.1) is 27.8 Å². The van der Waals surface area contributed by atoms with E-state index in [0.717, 1.165) is 40.5 Å². The summed E-state index contributed by atoms with van der Waals surface area (Å²) >= 11 is 7.70. The Morgan fingerprint density at radius 2 is 1.90 bits per heavy atom. The summed E-state index contributed by atoms with van der Waals surface area (Å²) in [6.45, 7) is 8.06. The van der Waals surface area contributed by atoms with Crippen molar-refractivity contribution >= 4 is 28.8 Å². The minimum Gasteiger partial charge on any atom is -0.335 e. The molecular formula is C22H24ClFN4OS. The fraction of sp³-hybridized carbons (Fsp3) is 0.364. The summed E-state index contributed by atoms with van der Waals surface area (Å²) in [5, 5.41) is 7.17. The SMILES string of the molecule is Cc1nn(Cc2csc(C(=O)N3CCN(Cc4cccc(F)c4)CC3)c2)c(C)c1Cl. The van der Waals surface area contributed by atoms with Crippen LogP contribution in [0.5, 0.6) is 0 Å². The lowest BCUT2D eigenvalue weighted by Crippen LogP contribution is -2.48. The number of piperazine rings is 1. The van der Waals surface area contributed by atoms with Gasteiger partial charge in [0.2, 0.25) is 0 Å². The molecule has 4 rings (SSSR count). The highest BCUT2D eigenvalue weighted by atomic mass is 35.5. The third-order valence-electron chi connectivity index (χ3n) is 5.44. The molecule has 0 saturated carbocycles. The Morgan fingerprint density at radius 3 is 2.57 bits per heavy atom. The standard InChI is InChI=1S/C22H24ClFN4OS/c1-15-21(23)16(2)28(25-15)13-18-11-20(30-14-18)22(29)27-8-6-26(7-9-27)12-17-4-3-5-19(24)10-17/h3-5,10-11,14H,6-9,12-13H2,1-2H3. The van der Waals surface area contributed by atoms with Crippen LogP contribution < -0.4 is 0 Å². The molecular weight excluding hydrogens is 423 g/mol. The Kier molecular flexibility index (Phi) is 6.22. The smallest absolute Gasteiger partial charge is 0.264 e. The molecule has 0 radical (unpaired) electrons. The van der Waals surface area contributed by atoms with E-state index in [1.54, 1.807) is 12.1 Å². The average molecular weight is 447 g/mol. The Balaban J connectivity index is 1.34. The van der Waals surface area contributed by atoms with Crippen molar-refractivity contribution in [1.29, 1.82) is 0 Å². The molecule has 0 spiro atoms. The van der Waals surface area contributed by atoms with Crippen molar-refractivity contribution in [3.8, 4) is 0 Å². The van der Waals surface area contributed by atoms with Crippen LogP contribution in [0.4, 0.5) is 4.39 Å². The maximum Gasteiger partial charge on any atom is 0.264 e. The van der Waals surface area contributed by atoms with Gasteiger partial charge in [-0.15, -0.1) is 11.3 Å². The Bertz CT molecular complexity index is 1060. The maximum atomic E-state index is 13.4. The van der Waals surface area contributed by atoms with Crippen LogP contribution in [0.25, 0.3) is 0 Å². The van der Waals surface area contributed by atoms with Gasteiger partial charge in [0.15, 0.2) is 0 Å². The van der Waals surface area contributed by atoms with Gasteiger partial charge in [-0.3, -0.25) is 14.4 Å². The number of carbonyl (C=O) groups is 1. The fourth-order valence-corrected chi connectivity index (χ4v) is 4.74. The van der Waals surface area contributed by atoms with Crippen LogP contribution in [0.2, 0.25) is 5.02 Å². The molecule has 0 unspecified atom stereocenters. The van der Waals surface area contributed by atoms with E-state index >= 15 is 0 Å². The van der Waals surface area contributed by atoms with Gasteiger partial charge in [-0.2, -0.15) is 5.10 Å². The predicted octanol–water partition coefficient (Wildman–Crippen LogP) is 4.36. The van der Waals surface area contributed by atoms with E-state index in [0.29, 0.717) is 31.2 Å². The summed E-state index contributed by atoms with van der Waals surface area (Å²) in [5.74, 6) is -0.138. The average Bonchev–Trinajstić information content (AvgIpc) is 3.29. The highest BCUT2D eigenvalue weighted by molar-refractivity contribution is 7.12. The zero-order valence-electron chi connectivity index (χ0n) is 17.1. The van der Waals surface area contributed by atoms with Crippen molar-refractivity contribution in [3.05, 3.63) is 73.9 Å². The van der Waals surface area contributed by atoms with Crippen LogP contribution in [0.3, 0.4) is 0 Å². The van der Waals surface area contributed by atoms with Gasteiger partial charge in [-0.25, -0.2) is 4.39 Å². The van der Waals surface area contributed by atoms with E-state index in [-0.39, 0.29) is 11.7 Å². The van der Waals surface area contributed by atoms with Crippen LogP contribution in [-0.2, 0) is 13.1 Å². The van der Waals surface area contributed by atoms with Crippen molar-refractivity contribution in [1.82, 2.24) is 19.6 Å². The van der Waals surface area contributed by atoms with Crippen molar-refractivity contribution in [2.75, 3.05) is 26.2 Å². The van der Waals surface area contributed by atoms with Crippen molar-refractivity contribution in [2.24, 2.45) is 0 Å². The third kappa shape index (κ3) is 4.58. The molecule has 1 amide bonds. The first-order valence-electron chi connectivity index (χ1n) is 9.93. The van der Waals surface area contributed by atoms with Crippen LogP contribution >= 0.6 is 22.9 Å². The second-order valence-electron chi connectivity index (χ2n) is 7.66. The first kappa shape index (κ1) is 21.0. The molecule has 0 N–H and O–H groups in total. The van der Waals surface area contributed by atoms with Crippen LogP contribution in [0.15, 0.2) is 35.7 Å². The lowest BCUT2D eigenvalue weighted by Gasteiger charge is -2.34. The minimum absolute atomic E-state index is 0.0723. The highest BCUT2D eigenvalue weighted by Gasteiger charge is 2.23. The number of amides is 1. The quantitative estimate of drug-likeness (QED) is 0.584. The van der Waals surface area contributed by atoms with Crippen LogP contribution in [0.1, 0.15) is 32.2 Å². The van der Waals surface area contributed by atoms with Crippen molar-refractivity contribution in [2.45, 2.75) is 26.9 Å². The molecule has 1 aromatic carbocycles. The number of aryl methyl sites for hydroxylation is 1. The molecule has 1 aliphatic heterocycles. The van der Waals surface area contributed by atoms with Crippen LogP contribution in [0, 0.1) is 19.7 Å². The second kappa shape index (κ2) is 8.88. The zero-order valence-corrected chi connectivity index (χ0v) is 18.6. The van der Waals surface area contributed by atoms with Crippen LogP contribution in [-0.4, -0.2) is 51.7 Å². The molecule has 1 aliphatic rings. The molecule has 1 saturated heterocycles. The number of carbonyl (C=O) groups excluding carboxylic acids is 1. The largest absolute Gasteiger partial charge is 0.335 e. The first-order valence-corrected chi connectivity index (χ1v) is 11.2. The second-order valence-corrected chi connectivity index (χ2v) is 8.95. The molecule has 1 fully saturated rings. The summed E-state index contributed by atoms with van der Waals surface area (Å²) in [6.07, 6.45) is 0. The number of halogens is 2. The molecule has 5 nitrogen and oxygen atoms in total. The van der Waals surface area contributed by atoms with Gasteiger partial charge in [0.25, 0.3) is 5.91 Å². The zero-order chi connectivity index (χ0) is 21.3. The monoisotopic (exact) mass is 446 g/mol. The number of thiophene rings is 1. The van der Waals surface area contributed by atoms with E-state index in [2.05, 4.69) is 10.00 Å². The maximum absolute atomic E-state index is 13.4. The normalized spacial score (nSPS) is 15.0. The number of hydrogen-bond donors (Lipinski definition) is 0. The lowest BCUT2D eigenvalue weighted by molar-refractivity contribution is 0.0633. The highest BCUT2D eigenvalue weighted by Crippen LogP contribution is 2.23. The number of nitrogens with zero attached hydrogens (tertiary/aromatic N) is 4. The summed E-state index contributed by atoms with van der Waals surface area (Å²) in [6, 6.07) is 8.65. The molecule has 30 heavy (non-hydrogen) atoms. The summed E-state index contributed by atoms with van der Waals surface area (Å²) in [4.78, 5) is 17.8. The molecule has 2 aromatic heterocycles. The Hall–Kier alpha value is -2.22. The van der Waals surface area contributed by atoms with Gasteiger partial charge < -0.3 is 4.90 Å². The molecule has 0 bridgehead atoms. The van der Waals surface area contributed by atoms with E-state index in [4.69, 9.17) is 11.6 Å². The van der Waals surface area contributed by atoms with Gasteiger partial charge >= 0.3 is 0 Å². The number of benzene rings is 1. The number of hydrogen-bond acceptors (Lipinski definition) is 4. The van der Waals surface area contributed by atoms with E-state index in [1.165, 1.54) is 17.4 Å². The van der Waals surface area contributed by atoms with E-state index in [1.807, 2.05) is 40.9 Å². The first-order chi connectivity index (χ1) is 14.4. The summed E-state index contributed by atoms with van der Waals surface area (Å²) in [7, 11) is 0. The van der Waals surface area contributed by atoms with Gasteiger partial charge in [-0.05, 0) is 48.6 Å². The van der Waals surface area contributed by atoms with E-state index < -0.39 is 0 Å². The molecule has 158 valence electrons. The topological polar surface area (TPSA) is 41.4 Å². The fourth-order valence-electron chi connectivity index (χ4n) is 3.73. The summed E-state index contributed by atoms with van der Waals surface area (Å²) < 4.78 is 15.3. The molecule has 3 aromatic rings. The van der Waals surface area contributed by atoms with Gasteiger partial charge in [-0.1, -0.05) is 23.7 Å². The molecule has 0 atom stereocenters. The van der Waals surface area contributed by atoms with E-state index in [9.17, 15) is 9.18 Å². The summed E-state index contributed by atoms with van der Waals surface area (Å²) in [5.41, 5.74) is 3.76. The van der Waals surface area contributed by atoms with Gasteiger partial charge in [0, 0.05) is 32.7 Å². The lowest BCUT2D eigenvalue weighted by atomic mass is 10.2. The Morgan fingerprint density at radius 1 is 1.13 bits per heavy atom. The number of aromatic nitrogens is 2. The predicted molar refractivity (Wildman–Crippen MR) is 118 cm³/mol. The van der Waals surface area contributed by atoms with Crippen molar-refractivity contribution in [3.63, 3.8) is 0 Å². The molecule has 0 aliphatic carbocycles. The van der Waals surface area contributed by atoms with Crippen molar-refractivity contribution < 1.29 is 9.18 Å². The van der Waals surface area contributed by atoms with Gasteiger partial charge in [0.1, 0.15) is 5.82 Å². The molecule has 8 heteroatoms.